The maximum Gasteiger partial charge on any atom is 0.326 e. The topological polar surface area (TPSA) is 89.9 Å². The fourth-order valence-electron chi connectivity index (χ4n) is 2.05. The van der Waals surface area contributed by atoms with Crippen molar-refractivity contribution in [3.8, 4) is 0 Å². The molecule has 2 rings (SSSR count). The second kappa shape index (κ2) is 5.64. The molecule has 1 saturated heterocycles. The van der Waals surface area contributed by atoms with Crippen LogP contribution in [0.2, 0.25) is 5.02 Å². The van der Waals surface area contributed by atoms with Gasteiger partial charge in [-0.25, -0.2) is 14.0 Å². The van der Waals surface area contributed by atoms with Gasteiger partial charge in [-0.1, -0.05) is 11.6 Å². The lowest BCUT2D eigenvalue weighted by molar-refractivity contribution is -0.141. The number of likely N-dealkylation sites (tertiary alicyclic amines) is 1. The normalized spacial score (nSPS) is 21.9. The van der Waals surface area contributed by atoms with Gasteiger partial charge in [0.05, 0.1) is 11.8 Å². The first kappa shape index (κ1) is 14.5. The predicted molar refractivity (Wildman–Crippen MR) is 69.2 cm³/mol. The van der Waals surface area contributed by atoms with E-state index in [0.29, 0.717) is 0 Å². The van der Waals surface area contributed by atoms with Crippen molar-refractivity contribution in [2.24, 2.45) is 0 Å². The Balaban J connectivity index is 2.15. The number of halogens is 2. The van der Waals surface area contributed by atoms with Crippen molar-refractivity contribution >= 4 is 29.3 Å². The zero-order chi connectivity index (χ0) is 14.9. The number of rotatable bonds is 2. The average molecular weight is 303 g/mol. The monoisotopic (exact) mass is 302 g/mol. The molecule has 0 aromatic heterocycles. The van der Waals surface area contributed by atoms with Gasteiger partial charge in [0, 0.05) is 18.0 Å². The molecule has 20 heavy (non-hydrogen) atoms. The van der Waals surface area contributed by atoms with Crippen molar-refractivity contribution in [1.82, 2.24) is 4.90 Å². The van der Waals surface area contributed by atoms with Crippen molar-refractivity contribution in [3.05, 3.63) is 29.0 Å². The van der Waals surface area contributed by atoms with Crippen LogP contribution in [0.15, 0.2) is 18.2 Å². The van der Waals surface area contributed by atoms with E-state index in [1.807, 2.05) is 0 Å². The maximum atomic E-state index is 13.5. The summed E-state index contributed by atoms with van der Waals surface area (Å²) in [6, 6.07) is 1.71. The summed E-state index contributed by atoms with van der Waals surface area (Å²) in [5.41, 5.74) is -0.145. The lowest BCUT2D eigenvalue weighted by atomic mass is 10.2. The van der Waals surface area contributed by atoms with Crippen LogP contribution in [0.4, 0.5) is 14.9 Å². The van der Waals surface area contributed by atoms with E-state index >= 15 is 0 Å². The number of urea groups is 1. The predicted octanol–water partition coefficient (Wildman–Crippen LogP) is 1.53. The Hall–Kier alpha value is -1.86. The molecule has 6 nitrogen and oxygen atoms in total. The number of carbonyl (C=O) groups is 2. The summed E-state index contributed by atoms with van der Waals surface area (Å²) in [6.07, 6.45) is -0.966. The van der Waals surface area contributed by atoms with E-state index in [2.05, 4.69) is 5.32 Å². The van der Waals surface area contributed by atoms with E-state index < -0.39 is 30.0 Å². The van der Waals surface area contributed by atoms with Gasteiger partial charge < -0.3 is 20.4 Å². The Bertz CT molecular complexity index is 554. The molecule has 2 atom stereocenters. The Morgan fingerprint density at radius 3 is 2.80 bits per heavy atom. The number of amides is 2. The minimum Gasteiger partial charge on any atom is -0.480 e. The number of aliphatic hydroxyl groups excluding tert-OH is 1. The number of hydrogen-bond donors (Lipinski definition) is 3. The summed E-state index contributed by atoms with van der Waals surface area (Å²) in [5, 5.41) is 20.9. The van der Waals surface area contributed by atoms with Crippen LogP contribution in [0.3, 0.4) is 0 Å². The van der Waals surface area contributed by atoms with Crippen LogP contribution in [0.5, 0.6) is 0 Å². The molecule has 3 N–H and O–H groups in total. The zero-order valence-corrected chi connectivity index (χ0v) is 11.0. The number of hydrogen-bond acceptors (Lipinski definition) is 3. The van der Waals surface area contributed by atoms with Crippen LogP contribution in [-0.4, -0.2) is 45.8 Å². The number of nitrogens with one attached hydrogen (secondary N) is 1. The van der Waals surface area contributed by atoms with Crippen LogP contribution in [0.25, 0.3) is 0 Å². The largest absolute Gasteiger partial charge is 0.480 e. The van der Waals surface area contributed by atoms with E-state index in [-0.39, 0.29) is 23.7 Å². The Kier molecular flexibility index (Phi) is 4.10. The second-order valence-corrected chi connectivity index (χ2v) is 4.89. The fourth-order valence-corrected chi connectivity index (χ4v) is 2.22. The third kappa shape index (κ3) is 3.00. The lowest BCUT2D eigenvalue weighted by Crippen LogP contribution is -2.43. The number of nitrogens with zero attached hydrogens (tertiary/aromatic N) is 1. The molecule has 1 aliphatic rings. The molecule has 1 aliphatic heterocycles. The molecule has 1 fully saturated rings. The third-order valence-electron chi connectivity index (χ3n) is 2.99. The van der Waals surface area contributed by atoms with Gasteiger partial charge in [0.2, 0.25) is 0 Å². The number of carboxylic acid groups (broad SMARTS) is 1. The van der Waals surface area contributed by atoms with Crippen molar-refractivity contribution in [2.75, 3.05) is 11.9 Å². The number of carboxylic acids is 1. The van der Waals surface area contributed by atoms with Crippen molar-refractivity contribution in [2.45, 2.75) is 18.6 Å². The molecule has 0 saturated carbocycles. The van der Waals surface area contributed by atoms with Crippen LogP contribution in [0.1, 0.15) is 6.42 Å². The van der Waals surface area contributed by atoms with Crippen LogP contribution >= 0.6 is 11.6 Å². The van der Waals surface area contributed by atoms with Crippen LogP contribution in [0, 0.1) is 5.82 Å². The summed E-state index contributed by atoms with van der Waals surface area (Å²) in [4.78, 5) is 23.9. The third-order valence-corrected chi connectivity index (χ3v) is 3.23. The minimum absolute atomic E-state index is 0.0548. The number of β-amino-alcohol motifs (C(OH)–C–C–N with tert-alkyl or cyclic N) is 1. The first-order valence-electron chi connectivity index (χ1n) is 5.82. The Labute approximate surface area is 118 Å². The highest BCUT2D eigenvalue weighted by Crippen LogP contribution is 2.23. The first-order chi connectivity index (χ1) is 9.38. The van der Waals surface area contributed by atoms with E-state index in [4.69, 9.17) is 16.7 Å². The van der Waals surface area contributed by atoms with Crippen molar-refractivity contribution < 1.29 is 24.2 Å². The summed E-state index contributed by atoms with van der Waals surface area (Å²) in [7, 11) is 0. The molecular formula is C12H12ClFN2O4. The van der Waals surface area contributed by atoms with E-state index in [9.17, 15) is 19.1 Å². The maximum absolute atomic E-state index is 13.5. The summed E-state index contributed by atoms with van der Waals surface area (Å²) < 4.78 is 13.5. The Morgan fingerprint density at radius 1 is 1.45 bits per heavy atom. The molecule has 0 bridgehead atoms. The van der Waals surface area contributed by atoms with Gasteiger partial charge in [-0.2, -0.15) is 0 Å². The molecule has 1 heterocycles. The minimum atomic E-state index is -1.22. The highest BCUT2D eigenvalue weighted by molar-refractivity contribution is 6.30. The second-order valence-electron chi connectivity index (χ2n) is 4.45. The smallest absolute Gasteiger partial charge is 0.326 e. The quantitative estimate of drug-likeness (QED) is 0.773. The van der Waals surface area contributed by atoms with Gasteiger partial charge in [-0.15, -0.1) is 0 Å². The molecule has 1 aromatic carbocycles. The molecular weight excluding hydrogens is 291 g/mol. The van der Waals surface area contributed by atoms with E-state index in [0.717, 1.165) is 11.0 Å². The van der Waals surface area contributed by atoms with Gasteiger partial charge in [0.1, 0.15) is 11.9 Å². The summed E-state index contributed by atoms with van der Waals surface area (Å²) >= 11 is 5.70. The lowest BCUT2D eigenvalue weighted by Gasteiger charge is -2.21. The summed E-state index contributed by atoms with van der Waals surface area (Å²) in [5.74, 6) is -1.90. The zero-order valence-electron chi connectivity index (χ0n) is 10.2. The highest BCUT2D eigenvalue weighted by Gasteiger charge is 2.39. The molecule has 0 aliphatic carbocycles. The number of benzene rings is 1. The standard InChI is InChI=1S/C12H12ClFN2O4/c13-6-1-2-8(14)9(3-6)15-12(20)16-5-7(17)4-10(16)11(18)19/h1-3,7,10,17H,4-5H2,(H,15,20)(H,18,19)/t7-,10-/m0/s1. The molecule has 8 heteroatoms. The van der Waals surface area contributed by atoms with E-state index in [1.165, 1.54) is 12.1 Å². The number of carbonyl (C=O) groups excluding carboxylic acids is 1. The number of anilines is 1. The van der Waals surface area contributed by atoms with Crippen molar-refractivity contribution in [1.29, 1.82) is 0 Å². The molecule has 2 amide bonds. The average Bonchev–Trinajstić information content (AvgIpc) is 2.76. The number of aliphatic carboxylic acids is 1. The Morgan fingerprint density at radius 2 is 2.15 bits per heavy atom. The molecule has 0 radical (unpaired) electrons. The molecule has 1 aromatic rings. The van der Waals surface area contributed by atoms with Gasteiger partial charge >= 0.3 is 12.0 Å². The van der Waals surface area contributed by atoms with Gasteiger partial charge in [-0.3, -0.25) is 0 Å². The summed E-state index contributed by atoms with van der Waals surface area (Å²) in [6.45, 7) is -0.120. The van der Waals surface area contributed by atoms with Crippen molar-refractivity contribution in [3.63, 3.8) is 0 Å². The van der Waals surface area contributed by atoms with E-state index in [1.54, 1.807) is 0 Å². The van der Waals surface area contributed by atoms with Crippen LogP contribution in [-0.2, 0) is 4.79 Å². The van der Waals surface area contributed by atoms with Gasteiger partial charge in [0.15, 0.2) is 0 Å². The molecule has 0 spiro atoms. The van der Waals surface area contributed by atoms with Gasteiger partial charge in [-0.05, 0) is 18.2 Å². The first-order valence-corrected chi connectivity index (χ1v) is 6.20. The SMILES string of the molecule is O=C(O)[C@@H]1C[C@H](O)CN1C(=O)Nc1cc(Cl)ccc1F. The molecule has 0 unspecified atom stereocenters. The fraction of sp³-hybridized carbons (Fsp3) is 0.333. The number of aliphatic hydroxyl groups is 1. The van der Waals surface area contributed by atoms with Gasteiger partial charge in [0.25, 0.3) is 0 Å². The molecule has 108 valence electrons. The highest BCUT2D eigenvalue weighted by atomic mass is 35.5. The van der Waals surface area contributed by atoms with Crippen LogP contribution < -0.4 is 5.32 Å².